The van der Waals surface area contributed by atoms with Crippen LogP contribution in [0.1, 0.15) is 43.7 Å². The van der Waals surface area contributed by atoms with Crippen molar-refractivity contribution in [3.05, 3.63) is 24.2 Å². The second kappa shape index (κ2) is 7.45. The predicted molar refractivity (Wildman–Crippen MR) is 81.2 cm³/mol. The van der Waals surface area contributed by atoms with Crippen LogP contribution in [0.3, 0.4) is 0 Å². The third kappa shape index (κ3) is 4.10. The van der Waals surface area contributed by atoms with Crippen molar-refractivity contribution in [3.8, 4) is 0 Å². The van der Waals surface area contributed by atoms with Crippen LogP contribution in [0.15, 0.2) is 22.8 Å². The van der Waals surface area contributed by atoms with Crippen molar-refractivity contribution < 1.29 is 19.1 Å². The van der Waals surface area contributed by atoms with Gasteiger partial charge in [-0.1, -0.05) is 20.3 Å². The Morgan fingerprint density at radius 1 is 1.41 bits per heavy atom. The monoisotopic (exact) mass is 308 g/mol. The zero-order valence-electron chi connectivity index (χ0n) is 13.0. The molecule has 0 spiro atoms. The van der Waals surface area contributed by atoms with Gasteiger partial charge in [-0.25, -0.2) is 0 Å². The Morgan fingerprint density at radius 3 is 2.73 bits per heavy atom. The van der Waals surface area contributed by atoms with Crippen molar-refractivity contribution in [2.75, 3.05) is 6.54 Å². The van der Waals surface area contributed by atoms with Crippen molar-refractivity contribution in [1.29, 1.82) is 0 Å². The molecule has 6 nitrogen and oxygen atoms in total. The van der Waals surface area contributed by atoms with E-state index in [4.69, 9.17) is 4.42 Å². The summed E-state index contributed by atoms with van der Waals surface area (Å²) >= 11 is 0. The number of amides is 2. The summed E-state index contributed by atoms with van der Waals surface area (Å²) in [5.41, 5.74) is 0. The van der Waals surface area contributed by atoms with Gasteiger partial charge in [-0.3, -0.25) is 9.59 Å². The molecule has 1 fully saturated rings. The van der Waals surface area contributed by atoms with Crippen LogP contribution < -0.4 is 10.6 Å². The molecule has 0 unspecified atom stereocenters. The summed E-state index contributed by atoms with van der Waals surface area (Å²) in [7, 11) is 0. The Kier molecular flexibility index (Phi) is 5.60. The number of nitrogens with one attached hydrogen (secondary N) is 2. The Hall–Kier alpha value is -1.82. The summed E-state index contributed by atoms with van der Waals surface area (Å²) in [5, 5.41) is 15.3. The van der Waals surface area contributed by atoms with Gasteiger partial charge >= 0.3 is 0 Å². The number of carbonyl (C=O) groups excluding carboxylic acids is 2. The highest BCUT2D eigenvalue weighted by molar-refractivity contribution is 5.95. The molecule has 2 rings (SSSR count). The van der Waals surface area contributed by atoms with Gasteiger partial charge in [0.25, 0.3) is 5.91 Å². The van der Waals surface area contributed by atoms with E-state index in [1.165, 1.54) is 6.26 Å². The second-order valence-electron chi connectivity index (χ2n) is 6.18. The molecule has 2 amide bonds. The van der Waals surface area contributed by atoms with Gasteiger partial charge in [0, 0.05) is 12.5 Å². The maximum atomic E-state index is 12.3. The minimum absolute atomic E-state index is 0.0487. The van der Waals surface area contributed by atoms with E-state index in [0.29, 0.717) is 6.54 Å². The van der Waals surface area contributed by atoms with Crippen molar-refractivity contribution in [3.63, 3.8) is 0 Å². The standard InChI is InChI=1S/C16H24N2O4/c1-10(2)14(18-15(20)13-7-4-8-22-13)16(21)17-9-11-5-3-6-12(11)19/h4,7-8,10-12,14,19H,3,5-6,9H2,1-2H3,(H,17,21)(H,18,20)/t11-,12-,14+/m1/s1. The summed E-state index contributed by atoms with van der Waals surface area (Å²) in [6, 6.07) is 2.55. The Balaban J connectivity index is 1.89. The van der Waals surface area contributed by atoms with Gasteiger partial charge in [0.1, 0.15) is 6.04 Å². The zero-order chi connectivity index (χ0) is 16.1. The third-order valence-corrected chi connectivity index (χ3v) is 4.14. The molecule has 3 atom stereocenters. The molecule has 1 saturated carbocycles. The lowest BCUT2D eigenvalue weighted by Gasteiger charge is -2.23. The van der Waals surface area contributed by atoms with Gasteiger partial charge in [-0.15, -0.1) is 0 Å². The van der Waals surface area contributed by atoms with Crippen LogP contribution in [0.5, 0.6) is 0 Å². The Labute approximate surface area is 130 Å². The number of aliphatic hydroxyl groups excluding tert-OH is 1. The van der Waals surface area contributed by atoms with Crippen LogP contribution >= 0.6 is 0 Å². The van der Waals surface area contributed by atoms with E-state index in [0.717, 1.165) is 19.3 Å². The molecule has 22 heavy (non-hydrogen) atoms. The van der Waals surface area contributed by atoms with Crippen molar-refractivity contribution in [2.24, 2.45) is 11.8 Å². The molecule has 1 aromatic rings. The molecule has 0 radical (unpaired) electrons. The largest absolute Gasteiger partial charge is 0.459 e. The van der Waals surface area contributed by atoms with Crippen molar-refractivity contribution in [1.82, 2.24) is 10.6 Å². The smallest absolute Gasteiger partial charge is 0.287 e. The normalized spacial score (nSPS) is 22.5. The summed E-state index contributed by atoms with van der Waals surface area (Å²) in [6.07, 6.45) is 3.79. The molecular weight excluding hydrogens is 284 g/mol. The molecular formula is C16H24N2O4. The first kappa shape index (κ1) is 16.5. The quantitative estimate of drug-likeness (QED) is 0.739. The third-order valence-electron chi connectivity index (χ3n) is 4.14. The average Bonchev–Trinajstić information content (AvgIpc) is 3.13. The number of hydrogen-bond acceptors (Lipinski definition) is 4. The molecule has 1 heterocycles. The minimum Gasteiger partial charge on any atom is -0.459 e. The highest BCUT2D eigenvalue weighted by Gasteiger charge is 2.29. The highest BCUT2D eigenvalue weighted by Crippen LogP contribution is 2.24. The number of furan rings is 1. The minimum atomic E-state index is -0.629. The highest BCUT2D eigenvalue weighted by atomic mass is 16.3. The maximum absolute atomic E-state index is 12.3. The average molecular weight is 308 g/mol. The maximum Gasteiger partial charge on any atom is 0.287 e. The number of aliphatic hydroxyl groups is 1. The molecule has 0 saturated heterocycles. The van der Waals surface area contributed by atoms with Crippen LogP contribution in [0.25, 0.3) is 0 Å². The fraction of sp³-hybridized carbons (Fsp3) is 0.625. The van der Waals surface area contributed by atoms with Crippen LogP contribution in [-0.2, 0) is 4.79 Å². The van der Waals surface area contributed by atoms with Gasteiger partial charge < -0.3 is 20.2 Å². The van der Waals surface area contributed by atoms with E-state index in [1.807, 2.05) is 13.8 Å². The number of rotatable bonds is 6. The molecule has 6 heteroatoms. The van der Waals surface area contributed by atoms with Gasteiger partial charge in [-0.2, -0.15) is 0 Å². The van der Waals surface area contributed by atoms with Gasteiger partial charge in [0.2, 0.25) is 5.91 Å². The van der Waals surface area contributed by atoms with Crippen molar-refractivity contribution in [2.45, 2.75) is 45.3 Å². The Bertz CT molecular complexity index is 498. The molecule has 3 N–H and O–H groups in total. The van der Waals surface area contributed by atoms with Crippen LogP contribution in [0.2, 0.25) is 0 Å². The van der Waals surface area contributed by atoms with Gasteiger partial charge in [-0.05, 0) is 30.9 Å². The SMILES string of the molecule is CC(C)[C@H](NC(=O)c1ccco1)C(=O)NC[C@H]1CCC[C@H]1O. The van der Waals surface area contributed by atoms with E-state index >= 15 is 0 Å². The predicted octanol–water partition coefficient (Wildman–Crippen LogP) is 1.31. The molecule has 0 aliphatic heterocycles. The van der Waals surface area contributed by atoms with E-state index in [9.17, 15) is 14.7 Å². The summed E-state index contributed by atoms with van der Waals surface area (Å²) in [6.45, 7) is 4.19. The van der Waals surface area contributed by atoms with Crippen LogP contribution in [0, 0.1) is 11.8 Å². The van der Waals surface area contributed by atoms with E-state index < -0.39 is 11.9 Å². The van der Waals surface area contributed by atoms with E-state index in [-0.39, 0.29) is 29.6 Å². The van der Waals surface area contributed by atoms with E-state index in [1.54, 1.807) is 12.1 Å². The lowest BCUT2D eigenvalue weighted by atomic mass is 10.0. The fourth-order valence-electron chi connectivity index (χ4n) is 2.75. The first-order valence-corrected chi connectivity index (χ1v) is 7.79. The molecule has 1 aromatic heterocycles. The molecule has 1 aliphatic rings. The lowest BCUT2D eigenvalue weighted by molar-refractivity contribution is -0.124. The van der Waals surface area contributed by atoms with E-state index in [2.05, 4.69) is 10.6 Å². The topological polar surface area (TPSA) is 91.6 Å². The van der Waals surface area contributed by atoms with Crippen LogP contribution in [0.4, 0.5) is 0 Å². The molecule has 1 aliphatic carbocycles. The zero-order valence-corrected chi connectivity index (χ0v) is 13.0. The first-order chi connectivity index (χ1) is 10.5. The van der Waals surface area contributed by atoms with Gasteiger partial charge in [0.05, 0.1) is 12.4 Å². The van der Waals surface area contributed by atoms with Crippen LogP contribution in [-0.4, -0.2) is 35.6 Å². The molecule has 122 valence electrons. The molecule has 0 aromatic carbocycles. The number of carbonyl (C=O) groups is 2. The summed E-state index contributed by atoms with van der Waals surface area (Å²) < 4.78 is 5.03. The van der Waals surface area contributed by atoms with Gasteiger partial charge in [0.15, 0.2) is 5.76 Å². The number of hydrogen-bond donors (Lipinski definition) is 3. The lowest BCUT2D eigenvalue weighted by Crippen LogP contribution is -2.50. The Morgan fingerprint density at radius 2 is 2.18 bits per heavy atom. The summed E-state index contributed by atoms with van der Waals surface area (Å²) in [5.74, 6) is -0.386. The molecule has 0 bridgehead atoms. The van der Waals surface area contributed by atoms with Crippen molar-refractivity contribution >= 4 is 11.8 Å². The summed E-state index contributed by atoms with van der Waals surface area (Å²) in [4.78, 5) is 24.3. The second-order valence-corrected chi connectivity index (χ2v) is 6.18. The first-order valence-electron chi connectivity index (χ1n) is 7.79. The fourth-order valence-corrected chi connectivity index (χ4v) is 2.75.